The zero-order valence-corrected chi connectivity index (χ0v) is 37.0. The van der Waals surface area contributed by atoms with Gasteiger partial charge in [0.2, 0.25) is 0 Å². The number of methoxy groups -OCH3 is 1. The summed E-state index contributed by atoms with van der Waals surface area (Å²) in [6.07, 6.45) is 14.7. The maximum Gasteiger partial charge on any atom is 0.432 e. The Morgan fingerprint density at radius 2 is 1.31 bits per heavy atom. The van der Waals surface area contributed by atoms with Crippen molar-refractivity contribution in [3.63, 3.8) is 0 Å². The first-order valence-corrected chi connectivity index (χ1v) is 23.6. The fourth-order valence-electron chi connectivity index (χ4n) is 9.85. The average Bonchev–Trinajstić information content (AvgIpc) is 3.95. The van der Waals surface area contributed by atoms with Crippen molar-refractivity contribution in [2.24, 2.45) is 5.92 Å². The van der Waals surface area contributed by atoms with E-state index in [-0.39, 0.29) is 73.1 Å². The quantitative estimate of drug-likeness (QED) is 0.0658. The molecule has 0 radical (unpaired) electrons. The molecule has 1 aromatic carbocycles. The Kier molecular flexibility index (Phi) is 20.3. The minimum atomic E-state index is -5.06. The Morgan fingerprint density at radius 3 is 1.93 bits per heavy atom. The number of ketones is 1. The number of hydrogen-bond acceptors (Lipinski definition) is 10. The van der Waals surface area contributed by atoms with Gasteiger partial charge in [-0.1, -0.05) is 108 Å². The highest BCUT2D eigenvalue weighted by molar-refractivity contribution is 5.84. The molecule has 4 heterocycles. The van der Waals surface area contributed by atoms with Crippen LogP contribution in [-0.2, 0) is 53.1 Å². The monoisotopic (exact) mass is 867 g/mol. The fourth-order valence-corrected chi connectivity index (χ4v) is 9.85. The van der Waals surface area contributed by atoms with Gasteiger partial charge in [-0.05, 0) is 84.0 Å². The zero-order chi connectivity index (χ0) is 43.7. The summed E-state index contributed by atoms with van der Waals surface area (Å²) < 4.78 is 86.2. The maximum atomic E-state index is 14.8. The summed E-state index contributed by atoms with van der Waals surface area (Å²) in [5.41, 5.74) is -3.59. The molecule has 0 saturated carbocycles. The molecular formula is C48H73F3O10. The maximum absolute atomic E-state index is 14.8. The van der Waals surface area contributed by atoms with Crippen molar-refractivity contribution in [3.8, 4) is 0 Å². The van der Waals surface area contributed by atoms with Crippen molar-refractivity contribution in [3.05, 3.63) is 35.9 Å². The van der Waals surface area contributed by atoms with Gasteiger partial charge < -0.3 is 38.0 Å². The molecule has 0 aromatic heterocycles. The molecule has 10 nitrogen and oxygen atoms in total. The van der Waals surface area contributed by atoms with Crippen LogP contribution in [0.4, 0.5) is 13.2 Å². The second-order valence-electron chi connectivity index (χ2n) is 18.0. The molecule has 0 N–H and O–H groups in total. The van der Waals surface area contributed by atoms with E-state index in [0.717, 1.165) is 97.0 Å². The van der Waals surface area contributed by atoms with E-state index < -0.39 is 30.0 Å². The minimum absolute atomic E-state index is 0.000260. The second-order valence-corrected chi connectivity index (χ2v) is 18.0. The van der Waals surface area contributed by atoms with E-state index in [1.54, 1.807) is 6.07 Å². The lowest BCUT2D eigenvalue weighted by Gasteiger charge is -2.35. The number of carbonyl (C=O) groups is 3. The van der Waals surface area contributed by atoms with Crippen LogP contribution in [0.5, 0.6) is 0 Å². The number of cyclic esters (lactones) is 1. The number of Topliss-reactive ketones (excluding diaryl/α,β-unsaturated/α-hetero) is 1. The third kappa shape index (κ3) is 14.5. The summed E-state index contributed by atoms with van der Waals surface area (Å²) in [6, 6.07) is 6.96. The van der Waals surface area contributed by atoms with Gasteiger partial charge >= 0.3 is 18.1 Å². The SMILES string of the molecule is CCCCCCCCCC[C@H](OC(=O)[C@@](OC)(c1ccccc1)C(F)(F)F)[C@H]1CC[C@H]([C@H]2CC[C@@H]([C@@H]3CC[C@@H](CCCCCCC[C@@H]4C[C@H](CC(C)=O)C(=O)O4)O3)OCO2)O1. The van der Waals surface area contributed by atoms with Gasteiger partial charge in [-0.2, -0.15) is 13.2 Å². The van der Waals surface area contributed by atoms with Gasteiger partial charge in [0.1, 0.15) is 24.8 Å². The number of carbonyl (C=O) groups excluding carboxylic acids is 3. The van der Waals surface area contributed by atoms with Crippen molar-refractivity contribution in [1.29, 1.82) is 0 Å². The second kappa shape index (κ2) is 25.1. The molecule has 0 amide bonds. The Balaban J connectivity index is 1.05. The molecule has 1 aromatic rings. The van der Waals surface area contributed by atoms with Crippen LogP contribution in [0.1, 0.15) is 174 Å². The van der Waals surface area contributed by atoms with Crippen LogP contribution in [0.3, 0.4) is 0 Å². The Bertz CT molecular complexity index is 1460. The highest BCUT2D eigenvalue weighted by atomic mass is 19.4. The summed E-state index contributed by atoms with van der Waals surface area (Å²) in [5, 5.41) is 0. The first kappa shape index (κ1) is 49.4. The molecule has 4 aliphatic rings. The van der Waals surface area contributed by atoms with Crippen LogP contribution >= 0.6 is 0 Å². The van der Waals surface area contributed by atoms with Crippen molar-refractivity contribution in [2.45, 2.75) is 229 Å². The van der Waals surface area contributed by atoms with Gasteiger partial charge in [0.25, 0.3) is 5.60 Å². The molecule has 0 bridgehead atoms. The number of rotatable bonds is 26. The molecular weight excluding hydrogens is 794 g/mol. The number of benzene rings is 1. The normalized spacial score (nSPS) is 28.6. The highest BCUT2D eigenvalue weighted by Crippen LogP contribution is 2.44. The molecule has 13 heteroatoms. The lowest BCUT2D eigenvalue weighted by Crippen LogP contribution is -2.53. The standard InChI is InChI=1S/C48H73F3O10/c1-4-5-6-7-8-9-13-19-24-41(61-46(54)47(55-3,48(49,50)51)36-20-15-14-16-21-36)44-30-29-43(60-44)40-28-27-39(56-33-57-40)42-26-25-37(58-42)22-17-11-10-12-18-23-38-32-35(31-34(2)52)45(53)59-38/h14-16,20-21,35,37-44H,4-13,17-19,22-33H2,1-3H3/t35-,37+,38+,39-,40+,41-,42-,43+,44+,47-/m0/s1. The molecule has 4 aliphatic heterocycles. The van der Waals surface area contributed by atoms with Crippen molar-refractivity contribution in [2.75, 3.05) is 13.9 Å². The van der Waals surface area contributed by atoms with E-state index in [2.05, 4.69) is 6.92 Å². The summed E-state index contributed by atoms with van der Waals surface area (Å²) in [4.78, 5) is 37.1. The van der Waals surface area contributed by atoms with Crippen LogP contribution in [-0.4, -0.2) is 86.6 Å². The lowest BCUT2D eigenvalue weighted by molar-refractivity contribution is -0.280. The number of halogens is 3. The van der Waals surface area contributed by atoms with Crippen LogP contribution in [0, 0.1) is 5.92 Å². The molecule has 10 atom stereocenters. The van der Waals surface area contributed by atoms with Crippen molar-refractivity contribution >= 4 is 17.7 Å². The molecule has 0 spiro atoms. The Labute approximate surface area is 362 Å². The number of ether oxygens (including phenoxy) is 7. The number of esters is 2. The van der Waals surface area contributed by atoms with E-state index in [4.69, 9.17) is 33.2 Å². The molecule has 0 aliphatic carbocycles. The van der Waals surface area contributed by atoms with E-state index in [9.17, 15) is 27.6 Å². The fraction of sp³-hybridized carbons (Fsp3) is 0.812. The van der Waals surface area contributed by atoms with Crippen molar-refractivity contribution < 1.29 is 60.7 Å². The predicted molar refractivity (Wildman–Crippen MR) is 224 cm³/mol. The third-order valence-electron chi connectivity index (χ3n) is 13.3. The number of unbranched alkanes of at least 4 members (excludes halogenated alkanes) is 11. The van der Waals surface area contributed by atoms with Crippen LogP contribution in [0.2, 0.25) is 0 Å². The van der Waals surface area contributed by atoms with Crippen LogP contribution < -0.4 is 0 Å². The summed E-state index contributed by atoms with van der Waals surface area (Å²) >= 11 is 0. The molecule has 0 unspecified atom stereocenters. The van der Waals surface area contributed by atoms with Crippen LogP contribution in [0.25, 0.3) is 0 Å². The van der Waals surface area contributed by atoms with E-state index in [0.29, 0.717) is 38.5 Å². The van der Waals surface area contributed by atoms with Gasteiger partial charge in [0.05, 0.1) is 42.5 Å². The number of hydrogen-bond donors (Lipinski definition) is 0. The van der Waals surface area contributed by atoms with Gasteiger partial charge in [-0.25, -0.2) is 4.79 Å². The Hall–Kier alpha value is -2.58. The Morgan fingerprint density at radius 1 is 0.738 bits per heavy atom. The zero-order valence-electron chi connectivity index (χ0n) is 37.0. The summed E-state index contributed by atoms with van der Waals surface area (Å²) in [7, 11) is 0.895. The summed E-state index contributed by atoms with van der Waals surface area (Å²) in [5.74, 6) is -1.94. The molecule has 346 valence electrons. The lowest BCUT2D eigenvalue weighted by atomic mass is 9.92. The first-order valence-electron chi connectivity index (χ1n) is 23.6. The molecule has 5 rings (SSSR count). The first-order chi connectivity index (χ1) is 29.4. The summed E-state index contributed by atoms with van der Waals surface area (Å²) in [6.45, 7) is 3.81. The third-order valence-corrected chi connectivity index (χ3v) is 13.3. The molecule has 61 heavy (non-hydrogen) atoms. The van der Waals surface area contributed by atoms with Crippen molar-refractivity contribution in [1.82, 2.24) is 0 Å². The van der Waals surface area contributed by atoms with Gasteiger partial charge in [0.15, 0.2) is 0 Å². The molecule has 4 fully saturated rings. The van der Waals surface area contributed by atoms with Gasteiger partial charge in [-0.15, -0.1) is 0 Å². The van der Waals surface area contributed by atoms with E-state index >= 15 is 0 Å². The van der Waals surface area contributed by atoms with Gasteiger partial charge in [-0.3, -0.25) is 4.79 Å². The predicted octanol–water partition coefficient (Wildman–Crippen LogP) is 10.8. The largest absolute Gasteiger partial charge is 0.462 e. The average molecular weight is 867 g/mol. The smallest absolute Gasteiger partial charge is 0.432 e. The minimum Gasteiger partial charge on any atom is -0.462 e. The topological polar surface area (TPSA) is 116 Å². The van der Waals surface area contributed by atoms with E-state index in [1.165, 1.54) is 50.5 Å². The van der Waals surface area contributed by atoms with Gasteiger partial charge in [0, 0.05) is 19.1 Å². The number of alkyl halides is 3. The van der Waals surface area contributed by atoms with Crippen LogP contribution in [0.15, 0.2) is 30.3 Å². The highest BCUT2D eigenvalue weighted by Gasteiger charge is 2.64. The van der Waals surface area contributed by atoms with E-state index in [1.807, 2.05) is 0 Å². The molecule has 4 saturated heterocycles.